The zero-order chi connectivity index (χ0) is 17.8. The first-order valence-corrected chi connectivity index (χ1v) is 9.13. The molecular formula is C15H17ClN4O3S2. The van der Waals surface area contributed by atoms with E-state index in [9.17, 15) is 0 Å². The molecule has 4 rings (SSSR count). The number of imidazole rings is 1. The van der Waals surface area contributed by atoms with E-state index in [4.69, 9.17) is 38.0 Å². The molecule has 1 aliphatic carbocycles. The topological polar surface area (TPSA) is 71.3 Å². The number of ether oxygens (including phenoxy) is 3. The van der Waals surface area contributed by atoms with Crippen molar-refractivity contribution >= 4 is 52.0 Å². The van der Waals surface area contributed by atoms with Crippen LogP contribution in [0.15, 0.2) is 12.7 Å². The second kappa shape index (κ2) is 6.31. The fourth-order valence-corrected chi connectivity index (χ4v) is 4.06. The number of nitrogens with zero attached hydrogens (tertiary/aromatic N) is 4. The van der Waals surface area contributed by atoms with Gasteiger partial charge in [0.05, 0.1) is 25.1 Å². The summed E-state index contributed by atoms with van der Waals surface area (Å²) in [6.45, 7) is 4.25. The highest BCUT2D eigenvalue weighted by molar-refractivity contribution is 8.10. The molecule has 10 heteroatoms. The summed E-state index contributed by atoms with van der Waals surface area (Å²) in [5.41, 5.74) is 1.26. The lowest BCUT2D eigenvalue weighted by atomic mass is 10.1. The summed E-state index contributed by atoms with van der Waals surface area (Å²) in [4.78, 5) is 12.7. The van der Waals surface area contributed by atoms with Crippen LogP contribution in [-0.4, -0.2) is 48.5 Å². The largest absolute Gasteiger partial charge is 0.478 e. The van der Waals surface area contributed by atoms with Crippen LogP contribution in [0.4, 0.5) is 0 Å². The second-order valence-electron chi connectivity index (χ2n) is 6.69. The van der Waals surface area contributed by atoms with Gasteiger partial charge < -0.3 is 18.8 Å². The normalized spacial score (nSPS) is 30.6. The van der Waals surface area contributed by atoms with Crippen molar-refractivity contribution in [1.29, 1.82) is 0 Å². The smallest absolute Gasteiger partial charge is 0.216 e. The van der Waals surface area contributed by atoms with E-state index in [1.54, 1.807) is 6.33 Å². The minimum Gasteiger partial charge on any atom is -0.478 e. The molecule has 0 radical (unpaired) electrons. The molecule has 7 nitrogen and oxygen atoms in total. The molecule has 0 spiro atoms. The fourth-order valence-electron chi connectivity index (χ4n) is 3.74. The Kier molecular flexibility index (Phi) is 4.40. The van der Waals surface area contributed by atoms with Gasteiger partial charge in [-0.05, 0) is 32.5 Å². The summed E-state index contributed by atoms with van der Waals surface area (Å²) in [6, 6.07) is 0.00447. The van der Waals surface area contributed by atoms with Crippen LogP contribution in [0.5, 0.6) is 0 Å². The quantitative estimate of drug-likeness (QED) is 0.482. The molecule has 0 N–H and O–H groups in total. The molecule has 3 heterocycles. The molecule has 2 aromatic heterocycles. The molecule has 1 saturated carbocycles. The molecule has 0 bridgehead atoms. The number of aromatic nitrogens is 4. The van der Waals surface area contributed by atoms with E-state index in [1.807, 2.05) is 18.4 Å². The van der Waals surface area contributed by atoms with Gasteiger partial charge >= 0.3 is 0 Å². The number of thiol groups is 1. The summed E-state index contributed by atoms with van der Waals surface area (Å²) in [7, 11) is 0. The Bertz CT molecular complexity index is 830. The standard InChI is InChI=1S/C15H17ClN4O3S2/c1-15(2)22-10-7(4-21-14(24)25)3-8(11(10)23-15)20-6-19-9-12(16)17-5-18-13(9)20/h5-8,10-11H,3-4H2,1-2H3,(H,24,25)/t7-,8-,10-,11+/m1/s1. The SMILES string of the molecule is CC1(C)O[C@@H]2[C@@H](COC(=S)S)C[C@@H](n3cnc4c(Cl)ncnc43)[C@@H]2O1. The Morgan fingerprint density at radius 2 is 2.16 bits per heavy atom. The van der Waals surface area contributed by atoms with Crippen molar-refractivity contribution in [2.24, 2.45) is 5.92 Å². The minimum atomic E-state index is -0.656. The third-order valence-electron chi connectivity index (χ3n) is 4.64. The maximum Gasteiger partial charge on any atom is 0.216 e. The Balaban J connectivity index is 1.68. The molecule has 0 amide bonds. The Hall–Kier alpha value is -1.00. The maximum absolute atomic E-state index is 6.17. The van der Waals surface area contributed by atoms with Crippen LogP contribution in [0.3, 0.4) is 0 Å². The first kappa shape index (κ1) is 17.4. The van der Waals surface area contributed by atoms with Crippen LogP contribution >= 0.6 is 36.4 Å². The maximum atomic E-state index is 6.17. The zero-order valence-electron chi connectivity index (χ0n) is 13.6. The van der Waals surface area contributed by atoms with Gasteiger partial charge in [-0.3, -0.25) is 0 Å². The van der Waals surface area contributed by atoms with Gasteiger partial charge in [0.2, 0.25) is 4.38 Å². The van der Waals surface area contributed by atoms with Crippen molar-refractivity contribution in [2.75, 3.05) is 6.61 Å². The molecule has 2 aromatic rings. The van der Waals surface area contributed by atoms with Crippen LogP contribution < -0.4 is 0 Å². The van der Waals surface area contributed by atoms with Crippen molar-refractivity contribution in [1.82, 2.24) is 19.5 Å². The second-order valence-corrected chi connectivity index (χ2v) is 8.13. The van der Waals surface area contributed by atoms with E-state index in [0.29, 0.717) is 22.9 Å². The van der Waals surface area contributed by atoms with Crippen LogP contribution in [0, 0.1) is 5.92 Å². The molecule has 2 aliphatic rings. The lowest BCUT2D eigenvalue weighted by molar-refractivity contribution is -0.161. The summed E-state index contributed by atoms with van der Waals surface area (Å²) >= 11 is 15.1. The number of fused-ring (bicyclic) bond motifs is 2. The number of rotatable bonds is 3. The van der Waals surface area contributed by atoms with E-state index in [1.165, 1.54) is 6.33 Å². The van der Waals surface area contributed by atoms with Crippen LogP contribution in [0.2, 0.25) is 5.15 Å². The van der Waals surface area contributed by atoms with E-state index in [0.717, 1.165) is 6.42 Å². The molecule has 4 atom stereocenters. The van der Waals surface area contributed by atoms with E-state index < -0.39 is 5.79 Å². The molecule has 25 heavy (non-hydrogen) atoms. The van der Waals surface area contributed by atoms with Gasteiger partial charge in [0.1, 0.15) is 17.9 Å². The molecule has 134 valence electrons. The predicted molar refractivity (Wildman–Crippen MR) is 98.8 cm³/mol. The monoisotopic (exact) mass is 400 g/mol. The number of hydrogen-bond donors (Lipinski definition) is 1. The summed E-state index contributed by atoms with van der Waals surface area (Å²) in [6.07, 6.45) is 3.72. The van der Waals surface area contributed by atoms with Crippen molar-refractivity contribution in [3.8, 4) is 0 Å². The lowest BCUT2D eigenvalue weighted by Crippen LogP contribution is -2.28. The molecule has 1 saturated heterocycles. The first-order chi connectivity index (χ1) is 11.9. The third kappa shape index (κ3) is 3.12. The summed E-state index contributed by atoms with van der Waals surface area (Å²) < 4.78 is 20.0. The van der Waals surface area contributed by atoms with Gasteiger partial charge in [0, 0.05) is 5.92 Å². The minimum absolute atomic E-state index is 0.00447. The van der Waals surface area contributed by atoms with Gasteiger partial charge in [-0.25, -0.2) is 15.0 Å². The highest BCUT2D eigenvalue weighted by atomic mass is 35.5. The molecule has 0 unspecified atom stereocenters. The van der Waals surface area contributed by atoms with Gasteiger partial charge in [0.25, 0.3) is 0 Å². The van der Waals surface area contributed by atoms with Gasteiger partial charge in [0.15, 0.2) is 16.6 Å². The van der Waals surface area contributed by atoms with Crippen LogP contribution in [0.25, 0.3) is 11.2 Å². The first-order valence-electron chi connectivity index (χ1n) is 7.90. The van der Waals surface area contributed by atoms with Crippen molar-refractivity contribution in [3.63, 3.8) is 0 Å². The van der Waals surface area contributed by atoms with Gasteiger partial charge in [-0.15, -0.1) is 0 Å². The summed E-state index contributed by atoms with van der Waals surface area (Å²) in [5.74, 6) is -0.534. The number of halogens is 1. The lowest BCUT2D eigenvalue weighted by Gasteiger charge is -2.24. The van der Waals surface area contributed by atoms with Crippen molar-refractivity contribution in [3.05, 3.63) is 17.8 Å². The summed E-state index contributed by atoms with van der Waals surface area (Å²) in [5, 5.41) is 0.336. The highest BCUT2D eigenvalue weighted by Gasteiger charge is 2.55. The zero-order valence-corrected chi connectivity index (χ0v) is 16.1. The Labute approximate surface area is 160 Å². The van der Waals surface area contributed by atoms with Crippen LogP contribution in [-0.2, 0) is 14.2 Å². The van der Waals surface area contributed by atoms with Gasteiger partial charge in [-0.1, -0.05) is 24.2 Å². The van der Waals surface area contributed by atoms with Gasteiger partial charge in [-0.2, -0.15) is 0 Å². The Morgan fingerprint density at radius 3 is 2.92 bits per heavy atom. The Morgan fingerprint density at radius 1 is 1.40 bits per heavy atom. The molecule has 2 fully saturated rings. The predicted octanol–water partition coefficient (Wildman–Crippen LogP) is 2.79. The van der Waals surface area contributed by atoms with E-state index in [-0.39, 0.29) is 28.6 Å². The highest BCUT2D eigenvalue weighted by Crippen LogP contribution is 2.47. The molecule has 1 aliphatic heterocycles. The fraction of sp³-hybridized carbons (Fsp3) is 0.600. The van der Waals surface area contributed by atoms with Crippen LogP contribution in [0.1, 0.15) is 26.3 Å². The number of thiocarbonyl (C=S) groups is 1. The third-order valence-corrected chi connectivity index (χ3v) is 5.17. The van der Waals surface area contributed by atoms with Crippen molar-refractivity contribution in [2.45, 2.75) is 44.3 Å². The van der Waals surface area contributed by atoms with E-state index in [2.05, 4.69) is 27.6 Å². The average molecular weight is 401 g/mol. The number of hydrogen-bond acceptors (Lipinski definition) is 7. The molecule has 0 aromatic carbocycles. The molecular weight excluding hydrogens is 384 g/mol. The average Bonchev–Trinajstić information content (AvgIpc) is 3.17. The van der Waals surface area contributed by atoms with E-state index >= 15 is 0 Å². The van der Waals surface area contributed by atoms with Crippen molar-refractivity contribution < 1.29 is 14.2 Å².